The summed E-state index contributed by atoms with van der Waals surface area (Å²) in [5.41, 5.74) is 11.3. The molecule has 5 aliphatic heterocycles. The standard InChI is InChI=1S/C55H42N6O9/c1-5-61(60-54(69)70-55(2,3)4)50(62)34-14-6-30(7-15-34)46-38-22-24-40(56-38)47(31-8-16-35(17-9-31)51(63)64)42-26-28-44(58-42)49(33-12-20-37(21-13-33)53(67)68)45-29-27-43(59-45)48(41-25-23-39(46)57-41)32-10-18-36(19-11-32)52(65)66/h6-29H,5H2,1-4H3,(H,60,69)(H,63,64)(H,65,66)(H,67,68). The summed E-state index contributed by atoms with van der Waals surface area (Å²) in [5, 5.41) is 30.4. The van der Waals surface area contributed by atoms with Gasteiger partial charge in [0.15, 0.2) is 0 Å². The Morgan fingerprint density at radius 3 is 0.971 bits per heavy atom. The molecule has 0 atom stereocenters. The van der Waals surface area contributed by atoms with Crippen molar-refractivity contribution in [3.05, 3.63) is 213 Å². The van der Waals surface area contributed by atoms with E-state index in [0.717, 1.165) is 0 Å². The zero-order chi connectivity index (χ0) is 49.4. The average Bonchev–Trinajstić information content (AvgIpc) is 4.19. The van der Waals surface area contributed by atoms with Crippen LogP contribution < -0.4 is 5.43 Å². The molecule has 0 aromatic heterocycles. The topological polar surface area (TPSA) is 220 Å². The Bertz CT molecular complexity index is 3290. The summed E-state index contributed by atoms with van der Waals surface area (Å²) < 4.78 is 5.38. The molecule has 0 spiro atoms. The number of carbonyl (C=O) groups is 5. The van der Waals surface area contributed by atoms with Crippen LogP contribution in [0.1, 0.15) is 91.4 Å². The van der Waals surface area contributed by atoms with E-state index in [9.17, 15) is 39.3 Å². The van der Waals surface area contributed by atoms with Gasteiger partial charge in [0.1, 0.15) is 5.60 Å². The van der Waals surface area contributed by atoms with Crippen molar-refractivity contribution in [2.45, 2.75) is 33.3 Å². The van der Waals surface area contributed by atoms with Crippen molar-refractivity contribution in [3.8, 4) is 0 Å². The zero-order valence-electron chi connectivity index (χ0n) is 38.1. The first-order chi connectivity index (χ1) is 33.5. The van der Waals surface area contributed by atoms with E-state index in [2.05, 4.69) is 5.43 Å². The van der Waals surface area contributed by atoms with Crippen molar-refractivity contribution in [1.29, 1.82) is 0 Å². The lowest BCUT2D eigenvalue weighted by molar-refractivity contribution is 0.0302. The van der Waals surface area contributed by atoms with E-state index in [1.54, 1.807) is 88.4 Å². The lowest BCUT2D eigenvalue weighted by Gasteiger charge is -2.25. The lowest BCUT2D eigenvalue weighted by atomic mass is 9.97. The number of benzene rings is 4. The van der Waals surface area contributed by atoms with Crippen molar-refractivity contribution in [1.82, 2.24) is 10.4 Å². The van der Waals surface area contributed by atoms with Crippen molar-refractivity contribution in [3.63, 3.8) is 0 Å². The Labute approximate surface area is 401 Å². The SMILES string of the molecule is CCN(NC(=O)OC(C)(C)C)C(=O)c1ccc(C2=C3C=CC(=N3)C(c3ccc(C(=O)O)cc3)=C3C=CC(=N3)C(c3ccc(C(=O)O)cc3)=C3C=CC(=N3)C(c3ccc(C(=O)O)cc3)=C3C=CC2=N3)cc1. The predicted octanol–water partition coefficient (Wildman–Crippen LogP) is 9.68. The molecule has 4 aromatic carbocycles. The highest BCUT2D eigenvalue weighted by atomic mass is 16.6. The molecule has 0 saturated carbocycles. The molecule has 5 aliphatic rings. The van der Waals surface area contributed by atoms with Crippen LogP contribution in [0.25, 0.3) is 22.3 Å². The largest absolute Gasteiger partial charge is 0.478 e. The number of allylic oxidation sites excluding steroid dienone is 12. The highest BCUT2D eigenvalue weighted by molar-refractivity contribution is 6.39. The molecule has 15 heteroatoms. The second-order valence-corrected chi connectivity index (χ2v) is 17.3. The maximum Gasteiger partial charge on any atom is 0.426 e. The molecular formula is C55H42N6O9. The molecule has 4 N–H and O–H groups in total. The molecule has 8 bridgehead atoms. The molecular weight excluding hydrogens is 889 g/mol. The average molecular weight is 931 g/mol. The Morgan fingerprint density at radius 1 is 0.457 bits per heavy atom. The van der Waals surface area contributed by atoms with Crippen molar-refractivity contribution < 1.29 is 44.0 Å². The fourth-order valence-corrected chi connectivity index (χ4v) is 8.23. The number of carbonyl (C=O) groups excluding carboxylic acids is 2. The third kappa shape index (κ3) is 9.18. The number of aromatic carboxylic acids is 3. The van der Waals surface area contributed by atoms with Gasteiger partial charge in [-0.2, -0.15) is 0 Å². The number of nitrogens with zero attached hydrogens (tertiary/aromatic N) is 5. The Kier molecular flexibility index (Phi) is 12.0. The molecule has 0 radical (unpaired) electrons. The summed E-state index contributed by atoms with van der Waals surface area (Å²) in [6, 6.07) is 26.1. The molecule has 15 nitrogen and oxygen atoms in total. The van der Waals surface area contributed by atoms with Gasteiger partial charge in [-0.1, -0.05) is 48.5 Å². The first kappa shape index (κ1) is 45.8. The minimum absolute atomic E-state index is 0.0932. The molecule has 9 rings (SSSR count). The molecule has 0 saturated heterocycles. The molecule has 0 fully saturated rings. The lowest BCUT2D eigenvalue weighted by Crippen LogP contribution is -2.47. The number of hydrogen-bond acceptors (Lipinski definition) is 10. The Balaban J connectivity index is 1.26. The smallest absolute Gasteiger partial charge is 0.426 e. The Morgan fingerprint density at radius 2 is 0.729 bits per heavy atom. The molecule has 346 valence electrons. The number of fused-ring (bicyclic) bond motifs is 4. The van der Waals surface area contributed by atoms with E-state index in [-0.39, 0.29) is 28.8 Å². The highest BCUT2D eigenvalue weighted by Gasteiger charge is 2.29. The number of ether oxygens (including phenoxy) is 1. The van der Waals surface area contributed by atoms with Gasteiger partial charge in [-0.15, -0.1) is 0 Å². The number of hydrogen-bond donors (Lipinski definition) is 4. The normalized spacial score (nSPS) is 15.8. The van der Waals surface area contributed by atoms with Gasteiger partial charge in [0.2, 0.25) is 0 Å². The number of rotatable bonds is 9. The molecule has 0 unspecified atom stereocenters. The summed E-state index contributed by atoms with van der Waals surface area (Å²) in [6.45, 7) is 7.06. The Hall–Kier alpha value is -9.37. The van der Waals surface area contributed by atoms with Gasteiger partial charge in [0.25, 0.3) is 5.91 Å². The number of nitrogens with one attached hydrogen (secondary N) is 1. The first-order valence-electron chi connectivity index (χ1n) is 22.0. The van der Waals surface area contributed by atoms with E-state index >= 15 is 0 Å². The molecule has 4 aromatic rings. The number of amides is 2. The van der Waals surface area contributed by atoms with Crippen LogP contribution in [0.3, 0.4) is 0 Å². The number of carboxylic acids is 3. The van der Waals surface area contributed by atoms with Gasteiger partial charge in [-0.05, 0) is 147 Å². The molecule has 70 heavy (non-hydrogen) atoms. The number of hydrazine groups is 1. The summed E-state index contributed by atoms with van der Waals surface area (Å²) in [5.74, 6) is -3.71. The maximum absolute atomic E-state index is 13.8. The van der Waals surface area contributed by atoms with Crippen LogP contribution in [0.5, 0.6) is 0 Å². The monoisotopic (exact) mass is 930 g/mol. The maximum atomic E-state index is 13.8. The van der Waals surface area contributed by atoms with Crippen molar-refractivity contribution in [2.24, 2.45) is 20.0 Å². The number of carboxylic acid groups (broad SMARTS) is 3. The van der Waals surface area contributed by atoms with Crippen molar-refractivity contribution in [2.75, 3.05) is 6.54 Å². The zero-order valence-corrected chi connectivity index (χ0v) is 38.1. The van der Waals surface area contributed by atoms with E-state index in [1.807, 2.05) is 48.6 Å². The van der Waals surface area contributed by atoms with Crippen LogP contribution in [0.15, 0.2) is 188 Å². The van der Waals surface area contributed by atoms with Gasteiger partial charge in [0, 0.05) is 34.4 Å². The fraction of sp³-hybridized carbons (Fsp3) is 0.109. The van der Waals surface area contributed by atoms with Gasteiger partial charge < -0.3 is 20.1 Å². The summed E-state index contributed by atoms with van der Waals surface area (Å²) in [6.07, 6.45) is 13.9. The summed E-state index contributed by atoms with van der Waals surface area (Å²) in [4.78, 5) is 83.0. The third-order valence-corrected chi connectivity index (χ3v) is 11.5. The first-order valence-corrected chi connectivity index (χ1v) is 22.0. The van der Waals surface area contributed by atoms with Crippen LogP contribution in [0.2, 0.25) is 0 Å². The van der Waals surface area contributed by atoms with Crippen LogP contribution in [0, 0.1) is 0 Å². The van der Waals surface area contributed by atoms with E-state index in [4.69, 9.17) is 24.7 Å². The van der Waals surface area contributed by atoms with E-state index in [1.165, 1.54) is 41.4 Å². The summed E-state index contributed by atoms with van der Waals surface area (Å²) in [7, 11) is 0. The van der Waals surface area contributed by atoms with Crippen LogP contribution in [0.4, 0.5) is 4.79 Å². The predicted molar refractivity (Wildman–Crippen MR) is 267 cm³/mol. The third-order valence-electron chi connectivity index (χ3n) is 11.5. The van der Waals surface area contributed by atoms with Gasteiger partial charge in [-0.3, -0.25) is 4.79 Å². The molecule has 0 aliphatic carbocycles. The van der Waals surface area contributed by atoms with E-state index < -0.39 is 35.5 Å². The summed E-state index contributed by atoms with van der Waals surface area (Å²) >= 11 is 0. The highest BCUT2D eigenvalue weighted by Crippen LogP contribution is 2.39. The quantitative estimate of drug-likeness (QED) is 0.117. The second-order valence-electron chi connectivity index (χ2n) is 17.3. The van der Waals surface area contributed by atoms with Crippen LogP contribution in [-0.2, 0) is 4.74 Å². The molecule has 5 heterocycles. The van der Waals surface area contributed by atoms with E-state index in [0.29, 0.717) is 90.2 Å². The minimum atomic E-state index is -1.08. The second kappa shape index (κ2) is 18.4. The molecule has 2 amide bonds. The van der Waals surface area contributed by atoms with Gasteiger partial charge in [0.05, 0.1) is 62.3 Å². The van der Waals surface area contributed by atoms with Crippen LogP contribution in [-0.4, -0.2) is 85.2 Å². The van der Waals surface area contributed by atoms with Gasteiger partial charge >= 0.3 is 24.0 Å². The minimum Gasteiger partial charge on any atom is -0.478 e. The van der Waals surface area contributed by atoms with Gasteiger partial charge in [-0.25, -0.2) is 49.6 Å². The fourth-order valence-electron chi connectivity index (χ4n) is 8.23. The van der Waals surface area contributed by atoms with Crippen LogP contribution >= 0.6 is 0 Å². The number of aliphatic imine (C=N–C) groups is 4. The van der Waals surface area contributed by atoms with Crippen molar-refractivity contribution >= 4 is 75.0 Å².